The minimum absolute atomic E-state index is 0.111. The van der Waals surface area contributed by atoms with Gasteiger partial charge in [-0.05, 0) is 60.9 Å². The van der Waals surface area contributed by atoms with Gasteiger partial charge in [0.2, 0.25) is 5.91 Å². The van der Waals surface area contributed by atoms with Crippen LogP contribution < -0.4 is 10.6 Å². The van der Waals surface area contributed by atoms with E-state index in [1.54, 1.807) is 24.3 Å². The first-order valence-corrected chi connectivity index (χ1v) is 9.51. The molecule has 148 valence electrons. The highest BCUT2D eigenvalue weighted by Gasteiger charge is 2.12. The Morgan fingerprint density at radius 3 is 2.45 bits per heavy atom. The lowest BCUT2D eigenvalue weighted by Gasteiger charge is -2.16. The first-order chi connectivity index (χ1) is 14.0. The molecule has 0 spiro atoms. The van der Waals surface area contributed by atoms with Crippen molar-refractivity contribution in [2.45, 2.75) is 25.8 Å². The molecule has 2 N–H and O–H groups in total. The summed E-state index contributed by atoms with van der Waals surface area (Å²) in [5.41, 5.74) is 2.92. The maximum Gasteiger partial charge on any atom is 0.255 e. The van der Waals surface area contributed by atoms with Crippen LogP contribution in [0.15, 0.2) is 78.9 Å². The number of anilines is 1. The van der Waals surface area contributed by atoms with Crippen LogP contribution in [0.4, 0.5) is 10.1 Å². The molecular weight excluding hydrogens is 367 g/mol. The summed E-state index contributed by atoms with van der Waals surface area (Å²) >= 11 is 0. The summed E-state index contributed by atoms with van der Waals surface area (Å²) in [6.07, 6.45) is 0.752. The Morgan fingerprint density at radius 2 is 1.69 bits per heavy atom. The van der Waals surface area contributed by atoms with Gasteiger partial charge in [-0.25, -0.2) is 4.39 Å². The summed E-state index contributed by atoms with van der Waals surface area (Å²) in [6.45, 7) is 1.89. The Hall–Kier alpha value is -3.47. The Balaban J connectivity index is 1.56. The Labute approximate surface area is 169 Å². The molecule has 3 rings (SSSR count). The smallest absolute Gasteiger partial charge is 0.255 e. The van der Waals surface area contributed by atoms with Crippen molar-refractivity contribution < 1.29 is 14.0 Å². The van der Waals surface area contributed by atoms with Crippen LogP contribution >= 0.6 is 0 Å². The van der Waals surface area contributed by atoms with Crippen LogP contribution in [-0.2, 0) is 11.2 Å². The molecule has 2 amide bonds. The van der Waals surface area contributed by atoms with Crippen LogP contribution in [0.2, 0.25) is 0 Å². The lowest BCUT2D eigenvalue weighted by molar-refractivity contribution is -0.121. The van der Waals surface area contributed by atoms with Crippen LogP contribution in [0.3, 0.4) is 0 Å². The van der Waals surface area contributed by atoms with E-state index in [-0.39, 0.29) is 30.1 Å². The Bertz CT molecular complexity index is 989. The number of nitrogens with one attached hydrogen (secondary N) is 2. The van der Waals surface area contributed by atoms with Gasteiger partial charge in [-0.3, -0.25) is 9.59 Å². The fourth-order valence-electron chi connectivity index (χ4n) is 3.03. The highest BCUT2D eigenvalue weighted by Crippen LogP contribution is 2.18. The third-order valence-corrected chi connectivity index (χ3v) is 4.59. The van der Waals surface area contributed by atoms with Gasteiger partial charge in [0, 0.05) is 17.7 Å². The fourth-order valence-corrected chi connectivity index (χ4v) is 3.03. The molecule has 3 aromatic carbocycles. The number of amides is 2. The van der Waals surface area contributed by atoms with E-state index < -0.39 is 0 Å². The van der Waals surface area contributed by atoms with Crippen molar-refractivity contribution in [3.63, 3.8) is 0 Å². The average Bonchev–Trinajstić information content (AvgIpc) is 2.73. The highest BCUT2D eigenvalue weighted by atomic mass is 19.1. The second-order valence-corrected chi connectivity index (χ2v) is 6.86. The molecule has 0 aliphatic heterocycles. The minimum atomic E-state index is -0.300. The van der Waals surface area contributed by atoms with Gasteiger partial charge in [0.15, 0.2) is 0 Å². The molecule has 0 aliphatic carbocycles. The number of aryl methyl sites for hydroxylation is 1. The van der Waals surface area contributed by atoms with E-state index in [4.69, 9.17) is 0 Å². The molecular formula is C24H23FN2O2. The van der Waals surface area contributed by atoms with Gasteiger partial charge in [0.25, 0.3) is 5.91 Å². The van der Waals surface area contributed by atoms with Crippen molar-refractivity contribution in [2.75, 3.05) is 5.32 Å². The van der Waals surface area contributed by atoms with Crippen LogP contribution in [0.25, 0.3) is 0 Å². The SMILES string of the molecule is CC(NC(=O)CCc1cccc(F)c1)c1cccc(NC(=O)c2ccccc2)c1. The fraction of sp³-hybridized carbons (Fsp3) is 0.167. The summed E-state index contributed by atoms with van der Waals surface area (Å²) in [7, 11) is 0. The van der Waals surface area contributed by atoms with Crippen LogP contribution in [-0.4, -0.2) is 11.8 Å². The van der Waals surface area contributed by atoms with Crippen LogP contribution in [0, 0.1) is 5.82 Å². The summed E-state index contributed by atoms with van der Waals surface area (Å²) in [5, 5.41) is 5.82. The zero-order valence-corrected chi connectivity index (χ0v) is 16.2. The first-order valence-electron chi connectivity index (χ1n) is 9.51. The summed E-state index contributed by atoms with van der Waals surface area (Å²) < 4.78 is 13.2. The number of rotatable bonds is 7. The normalized spacial score (nSPS) is 11.5. The standard InChI is InChI=1S/C24H23FN2O2/c1-17(26-23(28)14-13-18-7-5-11-21(25)15-18)20-10-6-12-22(16-20)27-24(29)19-8-3-2-4-9-19/h2-12,15-17H,13-14H2,1H3,(H,26,28)(H,27,29). The number of halogens is 1. The monoisotopic (exact) mass is 390 g/mol. The van der Waals surface area contributed by atoms with Crippen molar-refractivity contribution in [3.05, 3.63) is 101 Å². The van der Waals surface area contributed by atoms with Gasteiger partial charge < -0.3 is 10.6 Å². The molecule has 0 heterocycles. The first kappa shape index (κ1) is 20.3. The Kier molecular flexibility index (Phi) is 6.74. The molecule has 29 heavy (non-hydrogen) atoms. The van der Waals surface area contributed by atoms with E-state index in [2.05, 4.69) is 10.6 Å². The second-order valence-electron chi connectivity index (χ2n) is 6.86. The molecule has 0 bridgehead atoms. The highest BCUT2D eigenvalue weighted by molar-refractivity contribution is 6.04. The van der Waals surface area contributed by atoms with Crippen molar-refractivity contribution in [1.29, 1.82) is 0 Å². The van der Waals surface area contributed by atoms with E-state index in [1.807, 2.05) is 49.4 Å². The molecule has 1 atom stereocenters. The molecule has 0 radical (unpaired) electrons. The van der Waals surface area contributed by atoms with E-state index in [0.717, 1.165) is 11.1 Å². The van der Waals surface area contributed by atoms with E-state index in [0.29, 0.717) is 17.7 Å². The van der Waals surface area contributed by atoms with Gasteiger partial charge in [-0.1, -0.05) is 42.5 Å². The van der Waals surface area contributed by atoms with Crippen molar-refractivity contribution in [3.8, 4) is 0 Å². The molecule has 4 nitrogen and oxygen atoms in total. The number of carbonyl (C=O) groups excluding carboxylic acids is 2. The molecule has 0 aliphatic rings. The largest absolute Gasteiger partial charge is 0.350 e. The van der Waals surface area contributed by atoms with Crippen LogP contribution in [0.5, 0.6) is 0 Å². The third-order valence-electron chi connectivity index (χ3n) is 4.59. The zero-order valence-electron chi connectivity index (χ0n) is 16.2. The Morgan fingerprint density at radius 1 is 0.931 bits per heavy atom. The molecule has 0 aromatic heterocycles. The number of benzene rings is 3. The van der Waals surface area contributed by atoms with Gasteiger partial charge in [0.1, 0.15) is 5.82 Å². The summed E-state index contributed by atoms with van der Waals surface area (Å²) in [5.74, 6) is -0.597. The van der Waals surface area contributed by atoms with Gasteiger partial charge in [0.05, 0.1) is 6.04 Å². The van der Waals surface area contributed by atoms with E-state index >= 15 is 0 Å². The number of carbonyl (C=O) groups is 2. The average molecular weight is 390 g/mol. The van der Waals surface area contributed by atoms with E-state index in [1.165, 1.54) is 12.1 Å². The molecule has 5 heteroatoms. The summed E-state index contributed by atoms with van der Waals surface area (Å²) in [4.78, 5) is 24.6. The van der Waals surface area contributed by atoms with Gasteiger partial charge in [-0.2, -0.15) is 0 Å². The molecule has 1 unspecified atom stereocenters. The quantitative estimate of drug-likeness (QED) is 0.604. The number of hydrogen-bond donors (Lipinski definition) is 2. The van der Waals surface area contributed by atoms with Gasteiger partial charge >= 0.3 is 0 Å². The summed E-state index contributed by atoms with van der Waals surface area (Å²) in [6, 6.07) is 22.4. The third kappa shape index (κ3) is 6.01. The predicted molar refractivity (Wildman–Crippen MR) is 112 cm³/mol. The van der Waals surface area contributed by atoms with E-state index in [9.17, 15) is 14.0 Å². The van der Waals surface area contributed by atoms with Crippen molar-refractivity contribution in [1.82, 2.24) is 5.32 Å². The number of hydrogen-bond acceptors (Lipinski definition) is 2. The molecule has 0 saturated carbocycles. The topological polar surface area (TPSA) is 58.2 Å². The molecule has 0 fully saturated rings. The lowest BCUT2D eigenvalue weighted by Crippen LogP contribution is -2.27. The molecule has 3 aromatic rings. The lowest BCUT2D eigenvalue weighted by atomic mass is 10.1. The van der Waals surface area contributed by atoms with Crippen molar-refractivity contribution in [2.24, 2.45) is 0 Å². The predicted octanol–water partition coefficient (Wildman–Crippen LogP) is 4.89. The minimum Gasteiger partial charge on any atom is -0.350 e. The molecule has 0 saturated heterocycles. The zero-order chi connectivity index (χ0) is 20.6. The maximum absolute atomic E-state index is 13.2. The van der Waals surface area contributed by atoms with Crippen LogP contribution in [0.1, 0.15) is 40.9 Å². The van der Waals surface area contributed by atoms with Gasteiger partial charge in [-0.15, -0.1) is 0 Å². The second kappa shape index (κ2) is 9.64. The maximum atomic E-state index is 13.2. The van der Waals surface area contributed by atoms with Crippen molar-refractivity contribution >= 4 is 17.5 Å².